The van der Waals surface area contributed by atoms with Gasteiger partial charge in [-0.05, 0) is 48.0 Å². The van der Waals surface area contributed by atoms with Crippen molar-refractivity contribution >= 4 is 60.1 Å². The standard InChI is InChI=1S/C20H18BrN3O5S2/c1-28-17-11-13(16(21)12-18(17)29-2)3-8-19(25)23-14-4-6-15(7-5-14)31(26,27)24-20-22-9-10-30-20/h3-12H,1-2H3,(H,22,24)(H,23,25)/b8-3+. The second-order valence-corrected chi connectivity index (χ2v) is 9.45. The number of amides is 1. The Bertz CT molecular complexity index is 1190. The van der Waals surface area contributed by atoms with Crippen molar-refractivity contribution in [3.63, 3.8) is 0 Å². The first-order valence-corrected chi connectivity index (χ1v) is 11.9. The molecule has 0 fully saturated rings. The Hall–Kier alpha value is -2.89. The van der Waals surface area contributed by atoms with E-state index in [0.29, 0.717) is 17.2 Å². The number of thiazole rings is 1. The second-order valence-electron chi connectivity index (χ2n) is 6.02. The molecule has 0 saturated carbocycles. The van der Waals surface area contributed by atoms with E-state index in [1.54, 1.807) is 30.7 Å². The minimum absolute atomic E-state index is 0.0606. The first-order chi connectivity index (χ1) is 14.8. The third kappa shape index (κ3) is 5.84. The lowest BCUT2D eigenvalue weighted by Gasteiger charge is -2.10. The summed E-state index contributed by atoms with van der Waals surface area (Å²) in [5.74, 6) is 0.725. The highest BCUT2D eigenvalue weighted by Crippen LogP contribution is 2.33. The van der Waals surface area contributed by atoms with Gasteiger partial charge in [0, 0.05) is 27.8 Å². The van der Waals surface area contributed by atoms with E-state index in [1.165, 1.54) is 55.0 Å². The van der Waals surface area contributed by atoms with Gasteiger partial charge in [-0.25, -0.2) is 13.4 Å². The molecular weight excluding hydrogens is 506 g/mol. The van der Waals surface area contributed by atoms with Crippen LogP contribution in [0.4, 0.5) is 10.8 Å². The van der Waals surface area contributed by atoms with Gasteiger partial charge >= 0.3 is 0 Å². The monoisotopic (exact) mass is 523 g/mol. The number of aromatic nitrogens is 1. The Morgan fingerprint density at radius 2 is 1.81 bits per heavy atom. The molecule has 0 aliphatic heterocycles. The zero-order chi connectivity index (χ0) is 22.4. The van der Waals surface area contributed by atoms with E-state index >= 15 is 0 Å². The summed E-state index contributed by atoms with van der Waals surface area (Å²) >= 11 is 4.61. The Kier molecular flexibility index (Phi) is 7.31. The predicted octanol–water partition coefficient (Wildman–Crippen LogP) is 4.38. The van der Waals surface area contributed by atoms with Gasteiger partial charge in [0.2, 0.25) is 5.91 Å². The lowest BCUT2D eigenvalue weighted by atomic mass is 10.2. The van der Waals surface area contributed by atoms with E-state index in [2.05, 4.69) is 31.0 Å². The molecule has 0 saturated heterocycles. The highest BCUT2D eigenvalue weighted by atomic mass is 79.9. The fourth-order valence-corrected chi connectivity index (χ4v) is 4.76. The molecule has 3 aromatic rings. The molecule has 2 aromatic carbocycles. The van der Waals surface area contributed by atoms with Gasteiger partial charge in [0.15, 0.2) is 16.6 Å². The summed E-state index contributed by atoms with van der Waals surface area (Å²) in [5.41, 5.74) is 1.18. The topological polar surface area (TPSA) is 107 Å². The van der Waals surface area contributed by atoms with E-state index < -0.39 is 10.0 Å². The van der Waals surface area contributed by atoms with Crippen LogP contribution in [0.5, 0.6) is 11.5 Å². The number of nitrogens with one attached hydrogen (secondary N) is 2. The van der Waals surface area contributed by atoms with Crippen LogP contribution in [0.25, 0.3) is 6.08 Å². The molecule has 3 rings (SSSR count). The fourth-order valence-electron chi connectivity index (χ4n) is 2.51. The smallest absolute Gasteiger partial charge is 0.263 e. The van der Waals surface area contributed by atoms with Gasteiger partial charge < -0.3 is 14.8 Å². The number of carbonyl (C=O) groups is 1. The molecule has 1 heterocycles. The minimum atomic E-state index is -3.75. The summed E-state index contributed by atoms with van der Waals surface area (Å²) in [6.45, 7) is 0. The quantitative estimate of drug-likeness (QED) is 0.424. The molecule has 31 heavy (non-hydrogen) atoms. The molecule has 0 unspecified atom stereocenters. The minimum Gasteiger partial charge on any atom is -0.493 e. The van der Waals surface area contributed by atoms with Gasteiger partial charge in [-0.15, -0.1) is 11.3 Å². The number of methoxy groups -OCH3 is 2. The van der Waals surface area contributed by atoms with Crippen LogP contribution >= 0.6 is 27.3 Å². The van der Waals surface area contributed by atoms with Crippen LogP contribution in [0.2, 0.25) is 0 Å². The SMILES string of the molecule is COc1cc(Br)c(/C=C/C(=O)Nc2ccc(S(=O)(=O)Nc3nccs3)cc2)cc1OC. The molecule has 1 aromatic heterocycles. The summed E-state index contributed by atoms with van der Waals surface area (Å²) < 4.78 is 38.3. The van der Waals surface area contributed by atoms with Crippen molar-refractivity contribution in [1.29, 1.82) is 0 Å². The lowest BCUT2D eigenvalue weighted by Crippen LogP contribution is -2.13. The molecule has 0 bridgehead atoms. The number of anilines is 2. The van der Waals surface area contributed by atoms with Gasteiger partial charge in [0.25, 0.3) is 10.0 Å². The van der Waals surface area contributed by atoms with Crippen molar-refractivity contribution in [1.82, 2.24) is 4.98 Å². The fraction of sp³-hybridized carbons (Fsp3) is 0.100. The van der Waals surface area contributed by atoms with Crippen LogP contribution in [0.3, 0.4) is 0 Å². The number of benzene rings is 2. The Labute approximate surface area is 192 Å². The van der Waals surface area contributed by atoms with Crippen molar-refractivity contribution in [3.8, 4) is 11.5 Å². The van der Waals surface area contributed by atoms with Crippen LogP contribution < -0.4 is 19.5 Å². The Morgan fingerprint density at radius 1 is 1.13 bits per heavy atom. The summed E-state index contributed by atoms with van der Waals surface area (Å²) in [6, 6.07) is 9.31. The van der Waals surface area contributed by atoms with Gasteiger partial charge in [-0.3, -0.25) is 9.52 Å². The summed E-state index contributed by atoms with van der Waals surface area (Å²) in [5, 5.41) is 4.64. The molecule has 2 N–H and O–H groups in total. The van der Waals surface area contributed by atoms with E-state index in [4.69, 9.17) is 9.47 Å². The molecule has 8 nitrogen and oxygen atoms in total. The van der Waals surface area contributed by atoms with Crippen molar-refractivity contribution in [2.45, 2.75) is 4.90 Å². The predicted molar refractivity (Wildman–Crippen MR) is 124 cm³/mol. The van der Waals surface area contributed by atoms with Gasteiger partial charge in [-0.1, -0.05) is 15.9 Å². The zero-order valence-electron chi connectivity index (χ0n) is 16.5. The molecule has 0 aliphatic carbocycles. The van der Waals surface area contributed by atoms with Crippen LogP contribution in [0.1, 0.15) is 5.56 Å². The number of carbonyl (C=O) groups excluding carboxylic acids is 1. The van der Waals surface area contributed by atoms with Gasteiger partial charge in [0.05, 0.1) is 19.1 Å². The molecule has 0 atom stereocenters. The summed E-state index contributed by atoms with van der Waals surface area (Å²) in [4.78, 5) is 16.2. The number of nitrogens with zero attached hydrogens (tertiary/aromatic N) is 1. The van der Waals surface area contributed by atoms with E-state index in [9.17, 15) is 13.2 Å². The van der Waals surface area contributed by atoms with Crippen molar-refractivity contribution in [2.75, 3.05) is 24.3 Å². The first-order valence-electron chi connectivity index (χ1n) is 8.75. The maximum Gasteiger partial charge on any atom is 0.263 e. The highest BCUT2D eigenvalue weighted by Gasteiger charge is 2.15. The van der Waals surface area contributed by atoms with Crippen LogP contribution in [0, 0.1) is 0 Å². The third-order valence-corrected chi connectivity index (χ3v) is 6.86. The molecule has 0 spiro atoms. The normalized spacial score (nSPS) is 11.3. The third-order valence-electron chi connectivity index (χ3n) is 4.00. The van der Waals surface area contributed by atoms with Crippen LogP contribution in [-0.4, -0.2) is 33.5 Å². The number of halogens is 1. The number of rotatable bonds is 8. The zero-order valence-corrected chi connectivity index (χ0v) is 19.7. The maximum atomic E-state index is 12.4. The Balaban J connectivity index is 1.67. The van der Waals surface area contributed by atoms with Crippen LogP contribution in [-0.2, 0) is 14.8 Å². The lowest BCUT2D eigenvalue weighted by molar-refractivity contribution is -0.111. The Morgan fingerprint density at radius 3 is 2.42 bits per heavy atom. The van der Waals surface area contributed by atoms with Crippen molar-refractivity contribution in [2.24, 2.45) is 0 Å². The van der Waals surface area contributed by atoms with E-state index in [1.807, 2.05) is 0 Å². The number of hydrogen-bond acceptors (Lipinski definition) is 7. The van der Waals surface area contributed by atoms with Crippen molar-refractivity contribution < 1.29 is 22.7 Å². The number of sulfonamides is 1. The van der Waals surface area contributed by atoms with E-state index in [-0.39, 0.29) is 15.9 Å². The molecular formula is C20H18BrN3O5S2. The first kappa shape index (κ1) is 22.8. The molecule has 162 valence electrons. The van der Waals surface area contributed by atoms with Crippen molar-refractivity contribution in [3.05, 3.63) is 64.1 Å². The summed E-state index contributed by atoms with van der Waals surface area (Å²) in [7, 11) is -0.677. The van der Waals surface area contributed by atoms with Gasteiger partial charge in [0.1, 0.15) is 0 Å². The summed E-state index contributed by atoms with van der Waals surface area (Å²) in [6.07, 6.45) is 4.49. The highest BCUT2D eigenvalue weighted by molar-refractivity contribution is 9.10. The molecule has 0 radical (unpaired) electrons. The molecule has 1 amide bonds. The molecule has 0 aliphatic rings. The van der Waals surface area contributed by atoms with Gasteiger partial charge in [-0.2, -0.15) is 0 Å². The molecule has 11 heteroatoms. The van der Waals surface area contributed by atoms with Crippen LogP contribution in [0.15, 0.2) is 63.4 Å². The number of ether oxygens (including phenoxy) is 2. The average Bonchev–Trinajstić information content (AvgIpc) is 3.25. The maximum absolute atomic E-state index is 12.4. The average molecular weight is 524 g/mol. The largest absolute Gasteiger partial charge is 0.493 e. The second kappa shape index (κ2) is 9.94. The van der Waals surface area contributed by atoms with E-state index in [0.717, 1.165) is 10.0 Å². The number of hydrogen-bond donors (Lipinski definition) is 2.